The van der Waals surface area contributed by atoms with Crippen molar-refractivity contribution in [1.29, 1.82) is 0 Å². The summed E-state index contributed by atoms with van der Waals surface area (Å²) in [7, 11) is 0. The van der Waals surface area contributed by atoms with Crippen molar-refractivity contribution in [3.63, 3.8) is 0 Å². The maximum atomic E-state index is 9.52. The Bertz CT molecular complexity index is 771. The van der Waals surface area contributed by atoms with Crippen molar-refractivity contribution in [2.75, 3.05) is 23.4 Å². The van der Waals surface area contributed by atoms with Gasteiger partial charge in [0, 0.05) is 24.3 Å². The summed E-state index contributed by atoms with van der Waals surface area (Å²) >= 11 is 1.53. The van der Waals surface area contributed by atoms with Gasteiger partial charge in [0.1, 0.15) is 5.52 Å². The molecule has 1 saturated heterocycles. The molecule has 3 aromatic heterocycles. The molecule has 0 aliphatic carbocycles. The molecule has 22 heavy (non-hydrogen) atoms. The highest BCUT2D eigenvalue weighted by Gasteiger charge is 2.27. The van der Waals surface area contributed by atoms with Crippen LogP contribution in [0.1, 0.15) is 12.8 Å². The van der Waals surface area contributed by atoms with E-state index in [9.17, 15) is 5.11 Å². The molecule has 0 spiro atoms. The summed E-state index contributed by atoms with van der Waals surface area (Å²) in [6.45, 7) is 0.997. The van der Waals surface area contributed by atoms with E-state index in [2.05, 4.69) is 25.3 Å². The summed E-state index contributed by atoms with van der Waals surface area (Å²) in [6, 6.07) is 4.00. The number of anilines is 3. The zero-order valence-electron chi connectivity index (χ0n) is 11.9. The predicted molar refractivity (Wildman–Crippen MR) is 85.8 cm³/mol. The molecule has 0 radical (unpaired) electrons. The van der Waals surface area contributed by atoms with E-state index in [-0.39, 0.29) is 12.6 Å². The third-order valence-electron chi connectivity index (χ3n) is 3.88. The molecule has 4 heterocycles. The average molecular weight is 316 g/mol. The zero-order valence-corrected chi connectivity index (χ0v) is 12.7. The molecule has 7 nitrogen and oxygen atoms in total. The number of hydrogen-bond acceptors (Lipinski definition) is 7. The lowest BCUT2D eigenvalue weighted by molar-refractivity contribution is 0.265. The maximum Gasteiger partial charge on any atom is 0.245 e. The fourth-order valence-corrected chi connectivity index (χ4v) is 3.34. The van der Waals surface area contributed by atoms with Crippen molar-refractivity contribution in [3.05, 3.63) is 29.9 Å². The molecular formula is C14H16N6OS. The Kier molecular flexibility index (Phi) is 3.39. The first kappa shape index (κ1) is 13.5. The second-order valence-electron chi connectivity index (χ2n) is 5.23. The van der Waals surface area contributed by atoms with E-state index < -0.39 is 0 Å². The number of aliphatic hydroxyl groups is 1. The molecule has 0 saturated carbocycles. The molecule has 0 amide bonds. The van der Waals surface area contributed by atoms with Crippen LogP contribution < -0.4 is 10.2 Å². The van der Waals surface area contributed by atoms with Gasteiger partial charge in [-0.2, -0.15) is 4.98 Å². The summed E-state index contributed by atoms with van der Waals surface area (Å²) in [6.07, 6.45) is 5.68. The third kappa shape index (κ3) is 2.30. The Morgan fingerprint density at radius 3 is 3.23 bits per heavy atom. The largest absolute Gasteiger partial charge is 0.394 e. The van der Waals surface area contributed by atoms with E-state index in [1.807, 2.05) is 28.2 Å². The Balaban J connectivity index is 1.76. The number of thiazole rings is 1. The first-order chi connectivity index (χ1) is 10.8. The van der Waals surface area contributed by atoms with E-state index in [1.165, 1.54) is 11.3 Å². The van der Waals surface area contributed by atoms with Gasteiger partial charge in [0.2, 0.25) is 5.95 Å². The van der Waals surface area contributed by atoms with Gasteiger partial charge in [-0.05, 0) is 25.0 Å². The first-order valence-corrected chi connectivity index (χ1v) is 8.12. The minimum Gasteiger partial charge on any atom is -0.394 e. The van der Waals surface area contributed by atoms with Crippen LogP contribution >= 0.6 is 11.3 Å². The number of aliphatic hydroxyl groups excluding tert-OH is 1. The maximum absolute atomic E-state index is 9.52. The zero-order chi connectivity index (χ0) is 14.9. The summed E-state index contributed by atoms with van der Waals surface area (Å²) < 4.78 is 1.81. The predicted octanol–water partition coefficient (Wildman–Crippen LogP) is 1.89. The van der Waals surface area contributed by atoms with Gasteiger partial charge in [-0.1, -0.05) is 0 Å². The van der Waals surface area contributed by atoms with Crippen LogP contribution in [0.25, 0.3) is 5.52 Å². The summed E-state index contributed by atoms with van der Waals surface area (Å²) in [4.78, 5) is 11.0. The Hall–Kier alpha value is -2.19. The van der Waals surface area contributed by atoms with Crippen LogP contribution in [0.15, 0.2) is 29.9 Å². The molecule has 3 aromatic rings. The van der Waals surface area contributed by atoms with Crippen LogP contribution in [0.5, 0.6) is 0 Å². The van der Waals surface area contributed by atoms with E-state index in [4.69, 9.17) is 0 Å². The van der Waals surface area contributed by atoms with Crippen LogP contribution in [0, 0.1) is 0 Å². The molecule has 1 atom stereocenters. The van der Waals surface area contributed by atoms with Gasteiger partial charge in [0.15, 0.2) is 10.9 Å². The van der Waals surface area contributed by atoms with Crippen LogP contribution in [0.3, 0.4) is 0 Å². The van der Waals surface area contributed by atoms with Crippen molar-refractivity contribution in [2.24, 2.45) is 0 Å². The van der Waals surface area contributed by atoms with E-state index in [0.29, 0.717) is 5.95 Å². The molecular weight excluding hydrogens is 300 g/mol. The highest BCUT2D eigenvalue weighted by Crippen LogP contribution is 2.27. The van der Waals surface area contributed by atoms with Crippen molar-refractivity contribution in [2.45, 2.75) is 18.9 Å². The van der Waals surface area contributed by atoms with Gasteiger partial charge in [0.25, 0.3) is 0 Å². The smallest absolute Gasteiger partial charge is 0.245 e. The number of nitrogens with zero attached hydrogens (tertiary/aromatic N) is 5. The van der Waals surface area contributed by atoms with Crippen molar-refractivity contribution in [3.8, 4) is 0 Å². The SMILES string of the molecule is OC[C@@H]1CCCN1c1nc(Nc2nccs2)c2cccn2n1. The number of rotatable bonds is 4. The lowest BCUT2D eigenvalue weighted by atomic mass is 10.2. The topological polar surface area (TPSA) is 78.6 Å². The second kappa shape index (κ2) is 5.54. The van der Waals surface area contributed by atoms with E-state index in [1.54, 1.807) is 6.20 Å². The number of aromatic nitrogens is 4. The third-order valence-corrected chi connectivity index (χ3v) is 4.57. The van der Waals surface area contributed by atoms with Crippen molar-refractivity contribution < 1.29 is 5.11 Å². The number of fused-ring (bicyclic) bond motifs is 1. The lowest BCUT2D eigenvalue weighted by Crippen LogP contribution is -2.34. The van der Waals surface area contributed by atoms with E-state index in [0.717, 1.165) is 35.9 Å². The standard InChI is InChI=1S/C14H16N6OS/c21-9-10-3-1-6-19(10)13-16-12(17-14-15-5-8-22-14)11-4-2-7-20(11)18-13/h2,4-5,7-8,10,21H,1,3,6,9H2,(H,15,16,17,18)/t10-/m0/s1. The Morgan fingerprint density at radius 2 is 2.41 bits per heavy atom. The van der Waals surface area contributed by atoms with Crippen LogP contribution in [0.2, 0.25) is 0 Å². The van der Waals surface area contributed by atoms with Crippen LogP contribution in [-0.2, 0) is 0 Å². The normalized spacial score (nSPS) is 18.2. The quantitative estimate of drug-likeness (QED) is 0.765. The molecule has 1 fully saturated rings. The molecule has 4 rings (SSSR count). The van der Waals surface area contributed by atoms with Gasteiger partial charge in [-0.3, -0.25) is 0 Å². The molecule has 1 aliphatic heterocycles. The van der Waals surface area contributed by atoms with Gasteiger partial charge < -0.3 is 15.3 Å². The molecule has 0 aromatic carbocycles. The van der Waals surface area contributed by atoms with Crippen LogP contribution in [0.4, 0.5) is 16.9 Å². The van der Waals surface area contributed by atoms with Gasteiger partial charge in [0.05, 0.1) is 12.6 Å². The molecule has 0 unspecified atom stereocenters. The molecule has 2 N–H and O–H groups in total. The second-order valence-corrected chi connectivity index (χ2v) is 6.13. The van der Waals surface area contributed by atoms with E-state index >= 15 is 0 Å². The monoisotopic (exact) mass is 316 g/mol. The molecule has 1 aliphatic rings. The molecule has 114 valence electrons. The average Bonchev–Trinajstić information content (AvgIpc) is 3.27. The number of nitrogens with one attached hydrogen (secondary N) is 1. The Labute approximate surface area is 131 Å². The van der Waals surface area contributed by atoms with Crippen LogP contribution in [-0.4, -0.2) is 43.9 Å². The van der Waals surface area contributed by atoms with Gasteiger partial charge >= 0.3 is 0 Å². The van der Waals surface area contributed by atoms with Gasteiger partial charge in [-0.15, -0.1) is 16.4 Å². The molecule has 0 bridgehead atoms. The molecule has 8 heteroatoms. The van der Waals surface area contributed by atoms with Gasteiger partial charge in [-0.25, -0.2) is 9.50 Å². The highest BCUT2D eigenvalue weighted by atomic mass is 32.1. The lowest BCUT2D eigenvalue weighted by Gasteiger charge is -2.23. The van der Waals surface area contributed by atoms with Crippen molar-refractivity contribution in [1.82, 2.24) is 19.6 Å². The summed E-state index contributed by atoms with van der Waals surface area (Å²) in [5.74, 6) is 1.37. The van der Waals surface area contributed by atoms with Crippen molar-refractivity contribution >= 4 is 33.8 Å². The number of hydrogen-bond donors (Lipinski definition) is 2. The fraction of sp³-hybridized carbons (Fsp3) is 0.357. The first-order valence-electron chi connectivity index (χ1n) is 7.24. The summed E-state index contributed by atoms with van der Waals surface area (Å²) in [5.41, 5.74) is 0.902. The summed E-state index contributed by atoms with van der Waals surface area (Å²) in [5, 5.41) is 20.1. The Morgan fingerprint density at radius 1 is 1.45 bits per heavy atom. The highest BCUT2D eigenvalue weighted by molar-refractivity contribution is 7.13. The minimum atomic E-state index is 0.0979. The fourth-order valence-electron chi connectivity index (χ4n) is 2.81. The minimum absolute atomic E-state index is 0.0979.